The minimum atomic E-state index is -0.823. The molecule has 0 saturated carbocycles. The molecule has 0 bridgehead atoms. The van der Waals surface area contributed by atoms with Gasteiger partial charge in [-0.3, -0.25) is 19.5 Å². The molecule has 3 rings (SSSR count). The maximum Gasteiger partial charge on any atom is 0.325 e. The Hall–Kier alpha value is -2.70. The van der Waals surface area contributed by atoms with Gasteiger partial charge in [-0.05, 0) is 25.1 Å². The molecule has 2 aromatic rings. The molecule has 0 radical (unpaired) electrons. The lowest BCUT2D eigenvalue weighted by atomic mass is 10.00. The SMILES string of the molecule is COC(=O)CN1C(=O)C([C@@H](C)OC)N=C(c2ccccc2)c2cc(Cl)ccc21. The molecule has 0 spiro atoms. The van der Waals surface area contributed by atoms with Crippen LogP contribution in [0.5, 0.6) is 0 Å². The van der Waals surface area contributed by atoms with Gasteiger partial charge >= 0.3 is 5.97 Å². The van der Waals surface area contributed by atoms with Crippen LogP contribution in [-0.2, 0) is 19.1 Å². The summed E-state index contributed by atoms with van der Waals surface area (Å²) in [4.78, 5) is 31.5. The van der Waals surface area contributed by atoms with Crippen molar-refractivity contribution in [2.45, 2.75) is 19.1 Å². The Labute approximate surface area is 168 Å². The second-order valence-corrected chi connectivity index (χ2v) is 6.83. The van der Waals surface area contributed by atoms with Crippen molar-refractivity contribution in [3.8, 4) is 0 Å². The highest BCUT2D eigenvalue weighted by Crippen LogP contribution is 2.32. The Morgan fingerprint density at radius 2 is 1.93 bits per heavy atom. The summed E-state index contributed by atoms with van der Waals surface area (Å²) >= 11 is 6.25. The average Bonchev–Trinajstić information content (AvgIpc) is 2.83. The highest BCUT2D eigenvalue weighted by molar-refractivity contribution is 6.32. The summed E-state index contributed by atoms with van der Waals surface area (Å²) in [6, 6.07) is 13.9. The Morgan fingerprint density at radius 3 is 2.57 bits per heavy atom. The van der Waals surface area contributed by atoms with Gasteiger partial charge in [-0.15, -0.1) is 0 Å². The molecule has 146 valence electrons. The Kier molecular flexibility index (Phi) is 6.11. The third kappa shape index (κ3) is 3.93. The molecule has 0 saturated heterocycles. The van der Waals surface area contributed by atoms with E-state index in [0.717, 1.165) is 5.56 Å². The van der Waals surface area contributed by atoms with E-state index in [9.17, 15) is 9.59 Å². The minimum absolute atomic E-state index is 0.228. The van der Waals surface area contributed by atoms with E-state index >= 15 is 0 Å². The van der Waals surface area contributed by atoms with E-state index in [2.05, 4.69) is 0 Å². The summed E-state index contributed by atoms with van der Waals surface area (Å²) < 4.78 is 10.2. The average molecular weight is 401 g/mol. The van der Waals surface area contributed by atoms with E-state index in [1.54, 1.807) is 25.1 Å². The summed E-state index contributed by atoms with van der Waals surface area (Å²) in [6.07, 6.45) is -0.490. The maximum atomic E-state index is 13.3. The molecule has 0 fully saturated rings. The Balaban J connectivity index is 2.25. The largest absolute Gasteiger partial charge is 0.468 e. The van der Waals surface area contributed by atoms with Gasteiger partial charge in [0.2, 0.25) is 0 Å². The zero-order chi connectivity index (χ0) is 20.3. The first-order valence-electron chi connectivity index (χ1n) is 8.80. The Bertz CT molecular complexity index is 914. The first-order chi connectivity index (χ1) is 13.5. The fourth-order valence-electron chi connectivity index (χ4n) is 3.09. The van der Waals surface area contributed by atoms with E-state index in [-0.39, 0.29) is 12.5 Å². The molecular formula is C21H21ClN2O4. The molecule has 28 heavy (non-hydrogen) atoms. The topological polar surface area (TPSA) is 68.2 Å². The highest BCUT2D eigenvalue weighted by Gasteiger charge is 2.36. The number of benzene rings is 2. The fourth-order valence-corrected chi connectivity index (χ4v) is 3.27. The monoisotopic (exact) mass is 400 g/mol. The summed E-state index contributed by atoms with van der Waals surface area (Å²) in [6.45, 7) is 1.54. The lowest BCUT2D eigenvalue weighted by Crippen LogP contribution is -2.45. The van der Waals surface area contributed by atoms with Gasteiger partial charge in [0.15, 0.2) is 6.04 Å². The van der Waals surface area contributed by atoms with Gasteiger partial charge < -0.3 is 9.47 Å². The first-order valence-corrected chi connectivity index (χ1v) is 9.18. The number of methoxy groups -OCH3 is 2. The number of esters is 1. The lowest BCUT2D eigenvalue weighted by Gasteiger charge is -2.26. The van der Waals surface area contributed by atoms with E-state index in [0.29, 0.717) is 22.0 Å². The van der Waals surface area contributed by atoms with E-state index in [1.807, 2.05) is 30.3 Å². The van der Waals surface area contributed by atoms with Crippen LogP contribution in [-0.4, -0.2) is 50.5 Å². The van der Waals surface area contributed by atoms with Crippen LogP contribution in [0, 0.1) is 0 Å². The fraction of sp³-hybridized carbons (Fsp3) is 0.286. The quantitative estimate of drug-likeness (QED) is 0.723. The zero-order valence-corrected chi connectivity index (χ0v) is 16.6. The molecule has 1 aliphatic rings. The summed E-state index contributed by atoms with van der Waals surface area (Å²) in [7, 11) is 2.81. The number of carbonyl (C=O) groups excluding carboxylic acids is 2. The lowest BCUT2D eigenvalue weighted by molar-refractivity contribution is -0.140. The van der Waals surface area contributed by atoms with E-state index in [4.69, 9.17) is 26.1 Å². The number of rotatable bonds is 5. The Morgan fingerprint density at radius 1 is 1.21 bits per heavy atom. The van der Waals surface area contributed by atoms with E-state index in [1.165, 1.54) is 19.1 Å². The van der Waals surface area contributed by atoms with Crippen LogP contribution < -0.4 is 4.90 Å². The summed E-state index contributed by atoms with van der Waals surface area (Å²) in [5, 5.41) is 0.506. The van der Waals surface area contributed by atoms with Gasteiger partial charge in [0.1, 0.15) is 6.54 Å². The van der Waals surface area contributed by atoms with Gasteiger partial charge in [-0.2, -0.15) is 0 Å². The number of benzodiazepines with no additional fused rings is 1. The molecule has 0 aliphatic carbocycles. The van der Waals surface area contributed by atoms with Crippen LogP contribution in [0.15, 0.2) is 53.5 Å². The number of hydrogen-bond acceptors (Lipinski definition) is 5. The molecule has 7 heteroatoms. The van der Waals surface area contributed by atoms with Crippen molar-refractivity contribution < 1.29 is 19.1 Å². The van der Waals surface area contributed by atoms with Gasteiger partial charge in [0.25, 0.3) is 5.91 Å². The number of carbonyl (C=O) groups is 2. The van der Waals surface area contributed by atoms with Crippen LogP contribution in [0.2, 0.25) is 5.02 Å². The van der Waals surface area contributed by atoms with Crippen molar-refractivity contribution in [2.75, 3.05) is 25.7 Å². The van der Waals surface area contributed by atoms with Gasteiger partial charge in [-0.25, -0.2) is 0 Å². The molecule has 1 heterocycles. The van der Waals surface area contributed by atoms with Gasteiger partial charge in [-0.1, -0.05) is 41.9 Å². The molecule has 1 unspecified atom stereocenters. The molecular weight excluding hydrogens is 380 g/mol. The number of anilines is 1. The number of ether oxygens (including phenoxy) is 2. The van der Waals surface area contributed by atoms with E-state index < -0.39 is 18.1 Å². The molecule has 2 atom stereocenters. The zero-order valence-electron chi connectivity index (χ0n) is 15.9. The predicted molar refractivity (Wildman–Crippen MR) is 108 cm³/mol. The van der Waals surface area contributed by atoms with Gasteiger partial charge in [0, 0.05) is 23.3 Å². The van der Waals surface area contributed by atoms with Crippen molar-refractivity contribution in [1.29, 1.82) is 0 Å². The number of hydrogen-bond donors (Lipinski definition) is 0. The molecule has 1 aliphatic heterocycles. The smallest absolute Gasteiger partial charge is 0.325 e. The highest BCUT2D eigenvalue weighted by atomic mass is 35.5. The second kappa shape index (κ2) is 8.54. The molecule has 1 amide bonds. The van der Waals surface area contributed by atoms with Crippen LogP contribution in [0.4, 0.5) is 5.69 Å². The molecule has 2 aromatic carbocycles. The normalized spacial score (nSPS) is 17.4. The third-order valence-electron chi connectivity index (χ3n) is 4.67. The number of halogens is 1. The number of aliphatic imine (C=N–C) groups is 1. The number of fused-ring (bicyclic) bond motifs is 1. The van der Waals surface area contributed by atoms with Crippen LogP contribution in [0.1, 0.15) is 18.1 Å². The van der Waals surface area contributed by atoms with Crippen LogP contribution in [0.3, 0.4) is 0 Å². The van der Waals surface area contributed by atoms with Crippen molar-refractivity contribution in [2.24, 2.45) is 4.99 Å². The van der Waals surface area contributed by atoms with Gasteiger partial charge in [0.05, 0.1) is 24.6 Å². The van der Waals surface area contributed by atoms with Crippen LogP contribution in [0.25, 0.3) is 0 Å². The van der Waals surface area contributed by atoms with Crippen molar-refractivity contribution in [1.82, 2.24) is 0 Å². The summed E-state index contributed by atoms with van der Waals surface area (Å²) in [5.74, 6) is -0.865. The van der Waals surface area contributed by atoms with Crippen molar-refractivity contribution >= 4 is 34.9 Å². The molecule has 0 aromatic heterocycles. The second-order valence-electron chi connectivity index (χ2n) is 6.39. The maximum absolute atomic E-state index is 13.3. The standard InChI is InChI=1S/C21H21ClN2O4/c1-13(27-2)19-21(26)24(12-18(25)28-3)17-10-9-15(22)11-16(17)20(23-19)14-7-5-4-6-8-14/h4-11,13,19H,12H2,1-3H3/t13-,19?/m1/s1. The summed E-state index contributed by atoms with van der Waals surface area (Å²) in [5.41, 5.74) is 2.68. The first kappa shape index (κ1) is 20.0. The van der Waals surface area contributed by atoms with Crippen molar-refractivity contribution in [3.63, 3.8) is 0 Å². The molecule has 0 N–H and O–H groups in total. The number of amides is 1. The number of nitrogens with zero attached hydrogens (tertiary/aromatic N) is 2. The van der Waals surface area contributed by atoms with Crippen molar-refractivity contribution in [3.05, 3.63) is 64.7 Å². The van der Waals surface area contributed by atoms with Crippen LogP contribution >= 0.6 is 11.6 Å². The third-order valence-corrected chi connectivity index (χ3v) is 4.91. The predicted octanol–water partition coefficient (Wildman–Crippen LogP) is 3.10. The minimum Gasteiger partial charge on any atom is -0.468 e. The molecule has 6 nitrogen and oxygen atoms in total.